The maximum Gasteiger partial charge on any atom is 0.337 e. The quantitative estimate of drug-likeness (QED) is 0.842. The number of hydrogen-bond donors (Lipinski definition) is 2. The van der Waals surface area contributed by atoms with Gasteiger partial charge in [0.25, 0.3) is 0 Å². The van der Waals surface area contributed by atoms with Crippen LogP contribution in [-0.4, -0.2) is 9.79 Å². The van der Waals surface area contributed by atoms with Gasteiger partial charge < -0.3 is 9.79 Å². The molecule has 0 aliphatic carbocycles. The molecule has 0 bridgehead atoms. The van der Waals surface area contributed by atoms with Crippen LogP contribution in [0, 0.1) is 13.8 Å². The van der Waals surface area contributed by atoms with Gasteiger partial charge in [0.05, 0.1) is 0 Å². The fourth-order valence-electron chi connectivity index (χ4n) is 2.26. The minimum absolute atomic E-state index is 0.652. The van der Waals surface area contributed by atoms with Gasteiger partial charge in [-0.15, -0.1) is 0 Å². The van der Waals surface area contributed by atoms with Crippen molar-refractivity contribution >= 4 is 7.60 Å². The number of hydrogen-bond acceptors (Lipinski definition) is 1. The van der Waals surface area contributed by atoms with E-state index in [0.29, 0.717) is 11.1 Å². The molecule has 2 aromatic rings. The first-order chi connectivity index (χ1) is 8.88. The SMILES string of the molecule is Cc1cccc(C(c2cccc(C)c2)P(=O)(O)O)c1. The Morgan fingerprint density at radius 3 is 1.63 bits per heavy atom. The van der Waals surface area contributed by atoms with Gasteiger partial charge in [-0.05, 0) is 25.0 Å². The summed E-state index contributed by atoms with van der Waals surface area (Å²) in [4.78, 5) is 19.4. The molecule has 0 fully saturated rings. The summed E-state index contributed by atoms with van der Waals surface area (Å²) in [5.41, 5.74) is 2.39. The molecule has 2 rings (SSSR count). The summed E-state index contributed by atoms with van der Waals surface area (Å²) in [6.07, 6.45) is 0. The summed E-state index contributed by atoms with van der Waals surface area (Å²) < 4.78 is 11.8. The zero-order chi connectivity index (χ0) is 14.0. The Morgan fingerprint density at radius 1 is 0.895 bits per heavy atom. The zero-order valence-electron chi connectivity index (χ0n) is 10.9. The molecule has 0 saturated carbocycles. The maximum absolute atomic E-state index is 11.8. The lowest BCUT2D eigenvalue weighted by atomic mass is 10.0. The van der Waals surface area contributed by atoms with E-state index in [1.54, 1.807) is 12.1 Å². The third-order valence-electron chi connectivity index (χ3n) is 3.05. The number of aryl methyl sites for hydroxylation is 2. The van der Waals surface area contributed by atoms with Crippen LogP contribution >= 0.6 is 7.60 Å². The van der Waals surface area contributed by atoms with Gasteiger partial charge in [0.15, 0.2) is 0 Å². The van der Waals surface area contributed by atoms with Crippen molar-refractivity contribution in [3.05, 3.63) is 70.8 Å². The van der Waals surface area contributed by atoms with E-state index in [1.807, 2.05) is 50.2 Å². The Labute approximate surface area is 113 Å². The topological polar surface area (TPSA) is 57.5 Å². The number of benzene rings is 2. The van der Waals surface area contributed by atoms with Crippen LogP contribution in [0.15, 0.2) is 48.5 Å². The van der Waals surface area contributed by atoms with Gasteiger partial charge in [0.2, 0.25) is 0 Å². The fourth-order valence-corrected chi connectivity index (χ4v) is 3.36. The lowest BCUT2D eigenvalue weighted by Crippen LogP contribution is -2.02. The molecule has 0 radical (unpaired) electrons. The standard InChI is InChI=1S/C15H17O3P/c1-11-5-3-7-13(9-11)15(19(16,17)18)14-8-4-6-12(2)10-14/h3-10,15H,1-2H3,(H2,16,17,18). The van der Waals surface area contributed by atoms with Crippen LogP contribution in [0.2, 0.25) is 0 Å². The lowest BCUT2D eigenvalue weighted by Gasteiger charge is -2.20. The van der Waals surface area contributed by atoms with E-state index in [0.717, 1.165) is 11.1 Å². The van der Waals surface area contributed by atoms with Crippen molar-refractivity contribution < 1.29 is 14.4 Å². The highest BCUT2D eigenvalue weighted by Gasteiger charge is 2.32. The molecular weight excluding hydrogens is 259 g/mol. The second-order valence-corrected chi connectivity index (χ2v) is 6.51. The second kappa shape index (κ2) is 5.30. The lowest BCUT2D eigenvalue weighted by molar-refractivity contribution is 0.364. The van der Waals surface area contributed by atoms with E-state index in [4.69, 9.17) is 0 Å². The van der Waals surface area contributed by atoms with Crippen molar-refractivity contribution in [3.8, 4) is 0 Å². The monoisotopic (exact) mass is 276 g/mol. The van der Waals surface area contributed by atoms with E-state index in [9.17, 15) is 14.4 Å². The predicted molar refractivity (Wildman–Crippen MR) is 76.2 cm³/mol. The highest BCUT2D eigenvalue weighted by atomic mass is 31.2. The Bertz CT molecular complexity index is 585. The van der Waals surface area contributed by atoms with E-state index >= 15 is 0 Å². The molecule has 0 aromatic heterocycles. The first kappa shape index (κ1) is 14.0. The molecule has 2 N–H and O–H groups in total. The van der Waals surface area contributed by atoms with Crippen molar-refractivity contribution in [1.29, 1.82) is 0 Å². The molecule has 0 amide bonds. The molecule has 19 heavy (non-hydrogen) atoms. The first-order valence-corrected chi connectivity index (χ1v) is 7.74. The Balaban J connectivity index is 2.58. The van der Waals surface area contributed by atoms with Crippen molar-refractivity contribution in [2.45, 2.75) is 19.5 Å². The first-order valence-electron chi connectivity index (χ1n) is 6.06. The molecule has 0 unspecified atom stereocenters. The molecule has 2 aromatic carbocycles. The van der Waals surface area contributed by atoms with Crippen LogP contribution in [0.25, 0.3) is 0 Å². The molecule has 3 nitrogen and oxygen atoms in total. The van der Waals surface area contributed by atoms with Crippen molar-refractivity contribution in [3.63, 3.8) is 0 Å². The van der Waals surface area contributed by atoms with E-state index in [2.05, 4.69) is 0 Å². The van der Waals surface area contributed by atoms with Gasteiger partial charge in [-0.25, -0.2) is 0 Å². The minimum Gasteiger partial charge on any atom is -0.324 e. The van der Waals surface area contributed by atoms with Gasteiger partial charge in [-0.3, -0.25) is 4.57 Å². The van der Waals surface area contributed by atoms with Crippen molar-refractivity contribution in [2.75, 3.05) is 0 Å². The average Bonchev–Trinajstić information content (AvgIpc) is 2.27. The van der Waals surface area contributed by atoms with Crippen LogP contribution in [-0.2, 0) is 4.57 Å². The molecule has 0 aliphatic rings. The van der Waals surface area contributed by atoms with Crippen molar-refractivity contribution in [2.24, 2.45) is 0 Å². The molecule has 0 aliphatic heterocycles. The van der Waals surface area contributed by atoms with Crippen molar-refractivity contribution in [1.82, 2.24) is 0 Å². The molecular formula is C15H17O3P. The van der Waals surface area contributed by atoms with E-state index in [-0.39, 0.29) is 0 Å². The molecule has 0 heterocycles. The highest BCUT2D eigenvalue weighted by Crippen LogP contribution is 2.55. The van der Waals surface area contributed by atoms with Crippen LogP contribution in [0.3, 0.4) is 0 Å². The zero-order valence-corrected chi connectivity index (χ0v) is 11.8. The summed E-state index contributed by atoms with van der Waals surface area (Å²) in [6, 6.07) is 14.6. The summed E-state index contributed by atoms with van der Waals surface area (Å²) in [5.74, 6) is 0. The Hall–Kier alpha value is -1.41. The van der Waals surface area contributed by atoms with Gasteiger partial charge in [0, 0.05) is 0 Å². The third-order valence-corrected chi connectivity index (χ3v) is 4.32. The maximum atomic E-state index is 11.8. The summed E-state index contributed by atoms with van der Waals surface area (Å²) in [7, 11) is -4.26. The van der Waals surface area contributed by atoms with Gasteiger partial charge in [0.1, 0.15) is 5.66 Å². The summed E-state index contributed by atoms with van der Waals surface area (Å²) in [5, 5.41) is 0. The van der Waals surface area contributed by atoms with E-state index in [1.165, 1.54) is 0 Å². The molecule has 100 valence electrons. The molecule has 4 heteroatoms. The molecule has 0 saturated heterocycles. The number of rotatable bonds is 3. The average molecular weight is 276 g/mol. The van der Waals surface area contributed by atoms with Gasteiger partial charge in [-0.1, -0.05) is 59.7 Å². The Kier molecular flexibility index (Phi) is 3.91. The minimum atomic E-state index is -4.26. The predicted octanol–water partition coefficient (Wildman–Crippen LogP) is 3.57. The largest absolute Gasteiger partial charge is 0.337 e. The Morgan fingerprint density at radius 2 is 1.32 bits per heavy atom. The van der Waals surface area contributed by atoms with Crippen LogP contribution < -0.4 is 0 Å². The van der Waals surface area contributed by atoms with Crippen LogP contribution in [0.1, 0.15) is 27.9 Å². The normalized spacial score (nSPS) is 11.8. The smallest absolute Gasteiger partial charge is 0.324 e. The van der Waals surface area contributed by atoms with Crippen LogP contribution in [0.5, 0.6) is 0 Å². The third kappa shape index (κ3) is 3.32. The van der Waals surface area contributed by atoms with E-state index < -0.39 is 13.3 Å². The van der Waals surface area contributed by atoms with Crippen LogP contribution in [0.4, 0.5) is 0 Å². The molecule has 0 atom stereocenters. The van der Waals surface area contributed by atoms with Gasteiger partial charge >= 0.3 is 7.60 Å². The second-order valence-electron chi connectivity index (χ2n) is 4.82. The highest BCUT2D eigenvalue weighted by molar-refractivity contribution is 7.52. The summed E-state index contributed by atoms with van der Waals surface area (Å²) >= 11 is 0. The van der Waals surface area contributed by atoms with Gasteiger partial charge in [-0.2, -0.15) is 0 Å². The summed E-state index contributed by atoms with van der Waals surface area (Å²) in [6.45, 7) is 3.83. The fraction of sp³-hybridized carbons (Fsp3) is 0.200. The molecule has 0 spiro atoms.